The molecule has 1 aliphatic heterocycles. The number of aromatic amines is 1. The third kappa shape index (κ3) is 3.46. The third-order valence-corrected chi connectivity index (χ3v) is 4.66. The van der Waals surface area contributed by atoms with Crippen molar-refractivity contribution < 1.29 is 4.79 Å². The first-order valence-electron chi connectivity index (χ1n) is 7.94. The summed E-state index contributed by atoms with van der Waals surface area (Å²) < 4.78 is 0. The van der Waals surface area contributed by atoms with Gasteiger partial charge < -0.3 is 14.8 Å². The molecule has 2 fully saturated rings. The highest BCUT2D eigenvalue weighted by molar-refractivity contribution is 5.76. The summed E-state index contributed by atoms with van der Waals surface area (Å²) in [5.41, 5.74) is -0.0766. The Balaban J connectivity index is 1.52. The number of hydrogen-bond donors (Lipinski definition) is 1. The van der Waals surface area contributed by atoms with E-state index >= 15 is 0 Å². The molecule has 21 heavy (non-hydrogen) atoms. The van der Waals surface area contributed by atoms with Crippen LogP contribution in [0.15, 0.2) is 23.0 Å². The number of anilines is 1. The van der Waals surface area contributed by atoms with Crippen LogP contribution in [0.5, 0.6) is 0 Å². The van der Waals surface area contributed by atoms with Crippen LogP contribution in [0.3, 0.4) is 0 Å². The van der Waals surface area contributed by atoms with E-state index in [0.717, 1.165) is 38.4 Å². The zero-order valence-corrected chi connectivity index (χ0v) is 12.4. The summed E-state index contributed by atoms with van der Waals surface area (Å²) >= 11 is 0. The van der Waals surface area contributed by atoms with Crippen molar-refractivity contribution in [3.8, 4) is 0 Å². The van der Waals surface area contributed by atoms with Gasteiger partial charge in [0.05, 0.1) is 0 Å². The fraction of sp³-hybridized carbons (Fsp3) is 0.625. The zero-order chi connectivity index (χ0) is 14.7. The van der Waals surface area contributed by atoms with Crippen molar-refractivity contribution in [1.29, 1.82) is 0 Å². The van der Waals surface area contributed by atoms with Crippen LogP contribution in [-0.4, -0.2) is 42.0 Å². The summed E-state index contributed by atoms with van der Waals surface area (Å²) in [4.78, 5) is 30.6. The van der Waals surface area contributed by atoms with E-state index in [1.807, 2.05) is 11.0 Å². The number of H-pyrrole nitrogens is 1. The minimum Gasteiger partial charge on any atom is -0.355 e. The Bertz CT molecular complexity index is 540. The lowest BCUT2D eigenvalue weighted by Gasteiger charge is -2.36. The molecule has 3 rings (SSSR count). The van der Waals surface area contributed by atoms with Crippen LogP contribution < -0.4 is 10.5 Å². The molecule has 0 atom stereocenters. The molecule has 0 radical (unpaired) electrons. The Labute approximate surface area is 124 Å². The molecule has 1 saturated heterocycles. The Kier molecular flexibility index (Phi) is 4.27. The average molecular weight is 289 g/mol. The molecule has 1 aliphatic carbocycles. The van der Waals surface area contributed by atoms with Crippen LogP contribution in [0.2, 0.25) is 0 Å². The zero-order valence-electron chi connectivity index (χ0n) is 12.4. The van der Waals surface area contributed by atoms with E-state index in [1.54, 1.807) is 6.07 Å². The van der Waals surface area contributed by atoms with Gasteiger partial charge in [0.15, 0.2) is 0 Å². The molecular formula is C16H23N3O2. The van der Waals surface area contributed by atoms with Gasteiger partial charge in [-0.3, -0.25) is 9.59 Å². The van der Waals surface area contributed by atoms with Crippen LogP contribution in [0.1, 0.15) is 32.1 Å². The topological polar surface area (TPSA) is 56.4 Å². The lowest BCUT2D eigenvalue weighted by atomic mass is 10.0. The van der Waals surface area contributed by atoms with Gasteiger partial charge >= 0.3 is 0 Å². The van der Waals surface area contributed by atoms with Gasteiger partial charge in [-0.05, 0) is 24.8 Å². The van der Waals surface area contributed by atoms with Gasteiger partial charge in [0.25, 0.3) is 0 Å². The van der Waals surface area contributed by atoms with Gasteiger partial charge in [0.1, 0.15) is 5.82 Å². The van der Waals surface area contributed by atoms with E-state index in [2.05, 4.69) is 9.88 Å². The number of nitrogens with one attached hydrogen (secondary N) is 1. The molecule has 1 N–H and O–H groups in total. The third-order valence-electron chi connectivity index (χ3n) is 4.66. The second kappa shape index (κ2) is 6.33. The number of pyridine rings is 1. The number of carbonyl (C=O) groups is 1. The van der Waals surface area contributed by atoms with Crippen LogP contribution in [0, 0.1) is 5.92 Å². The van der Waals surface area contributed by atoms with E-state index in [0.29, 0.717) is 11.8 Å². The second-order valence-electron chi connectivity index (χ2n) is 6.12. The fourth-order valence-electron chi connectivity index (χ4n) is 3.41. The molecule has 1 aromatic heterocycles. The van der Waals surface area contributed by atoms with Gasteiger partial charge in [0.2, 0.25) is 11.5 Å². The summed E-state index contributed by atoms with van der Waals surface area (Å²) in [6.07, 6.45) is 5.73. The molecule has 1 aromatic rings. The van der Waals surface area contributed by atoms with Crippen molar-refractivity contribution in [2.45, 2.75) is 32.1 Å². The number of amides is 1. The summed E-state index contributed by atoms with van der Waals surface area (Å²) in [6.45, 7) is 3.08. The van der Waals surface area contributed by atoms with Crippen LogP contribution in [0.4, 0.5) is 5.82 Å². The monoisotopic (exact) mass is 289 g/mol. The van der Waals surface area contributed by atoms with Crippen LogP contribution in [-0.2, 0) is 4.79 Å². The number of hydrogen-bond acceptors (Lipinski definition) is 3. The number of nitrogens with zero attached hydrogens (tertiary/aromatic N) is 2. The Morgan fingerprint density at radius 3 is 2.52 bits per heavy atom. The van der Waals surface area contributed by atoms with E-state index in [1.165, 1.54) is 31.7 Å². The molecule has 5 heteroatoms. The summed E-state index contributed by atoms with van der Waals surface area (Å²) in [5, 5.41) is 0. The maximum Gasteiger partial charge on any atom is 0.249 e. The molecule has 0 bridgehead atoms. The largest absolute Gasteiger partial charge is 0.355 e. The Morgan fingerprint density at radius 2 is 1.86 bits per heavy atom. The summed E-state index contributed by atoms with van der Waals surface area (Å²) in [7, 11) is 0. The highest BCUT2D eigenvalue weighted by Crippen LogP contribution is 2.28. The molecule has 5 nitrogen and oxygen atoms in total. The molecular weight excluding hydrogens is 266 g/mol. The SMILES string of the molecule is O=C(CC1CCCC1)N1CCN(c2cccc(=O)[nH]2)CC1. The standard InChI is InChI=1S/C16H23N3O2/c20-15-7-3-6-14(17-15)18-8-10-19(11-9-18)16(21)12-13-4-1-2-5-13/h3,6-7,13H,1-2,4-5,8-12H2,(H,17,20). The molecule has 0 aromatic carbocycles. The van der Waals surface area contributed by atoms with E-state index in [-0.39, 0.29) is 5.56 Å². The first kappa shape index (κ1) is 14.2. The highest BCUT2D eigenvalue weighted by atomic mass is 16.2. The Morgan fingerprint density at radius 1 is 1.14 bits per heavy atom. The molecule has 0 unspecified atom stereocenters. The van der Waals surface area contributed by atoms with Crippen molar-refractivity contribution >= 4 is 11.7 Å². The minimum absolute atomic E-state index is 0.0766. The van der Waals surface area contributed by atoms with Crippen molar-refractivity contribution in [2.24, 2.45) is 5.92 Å². The highest BCUT2D eigenvalue weighted by Gasteiger charge is 2.25. The summed E-state index contributed by atoms with van der Waals surface area (Å²) in [5.74, 6) is 1.77. The first-order valence-corrected chi connectivity index (χ1v) is 7.94. The lowest BCUT2D eigenvalue weighted by Crippen LogP contribution is -2.49. The first-order chi connectivity index (χ1) is 10.2. The van der Waals surface area contributed by atoms with Crippen molar-refractivity contribution in [1.82, 2.24) is 9.88 Å². The molecule has 0 spiro atoms. The maximum absolute atomic E-state index is 12.3. The number of piperazine rings is 1. The molecule has 1 amide bonds. The van der Waals surface area contributed by atoms with Crippen molar-refractivity contribution in [3.05, 3.63) is 28.6 Å². The van der Waals surface area contributed by atoms with E-state index < -0.39 is 0 Å². The van der Waals surface area contributed by atoms with Gasteiger partial charge in [-0.25, -0.2) is 0 Å². The van der Waals surface area contributed by atoms with Gasteiger partial charge in [-0.2, -0.15) is 0 Å². The molecule has 114 valence electrons. The fourth-order valence-corrected chi connectivity index (χ4v) is 3.41. The lowest BCUT2D eigenvalue weighted by molar-refractivity contribution is -0.132. The van der Waals surface area contributed by atoms with E-state index in [9.17, 15) is 9.59 Å². The summed E-state index contributed by atoms with van der Waals surface area (Å²) in [6, 6.07) is 5.20. The van der Waals surface area contributed by atoms with Gasteiger partial charge in [0, 0.05) is 38.7 Å². The Hall–Kier alpha value is -1.78. The normalized spacial score (nSPS) is 20.0. The molecule has 1 saturated carbocycles. The van der Waals surface area contributed by atoms with E-state index in [4.69, 9.17) is 0 Å². The number of aromatic nitrogens is 1. The number of rotatable bonds is 3. The predicted molar refractivity (Wildman–Crippen MR) is 82.4 cm³/mol. The van der Waals surface area contributed by atoms with Crippen molar-refractivity contribution in [2.75, 3.05) is 31.1 Å². The minimum atomic E-state index is -0.0766. The smallest absolute Gasteiger partial charge is 0.249 e. The molecule has 2 heterocycles. The maximum atomic E-state index is 12.3. The van der Waals surface area contributed by atoms with Gasteiger partial charge in [-0.1, -0.05) is 18.9 Å². The van der Waals surface area contributed by atoms with Crippen LogP contribution >= 0.6 is 0 Å². The quantitative estimate of drug-likeness (QED) is 0.919. The number of carbonyl (C=O) groups excluding carboxylic acids is 1. The predicted octanol–water partition coefficient (Wildman–Crippen LogP) is 1.60. The average Bonchev–Trinajstić information content (AvgIpc) is 3.00. The second-order valence-corrected chi connectivity index (χ2v) is 6.12. The van der Waals surface area contributed by atoms with Gasteiger partial charge in [-0.15, -0.1) is 0 Å². The van der Waals surface area contributed by atoms with Crippen LogP contribution in [0.25, 0.3) is 0 Å². The van der Waals surface area contributed by atoms with Crippen molar-refractivity contribution in [3.63, 3.8) is 0 Å². The molecule has 2 aliphatic rings.